The van der Waals surface area contributed by atoms with Crippen LogP contribution in [0.2, 0.25) is 0 Å². The van der Waals surface area contributed by atoms with E-state index in [0.717, 1.165) is 0 Å². The summed E-state index contributed by atoms with van der Waals surface area (Å²) in [6.45, 7) is 4.32. The number of rotatable bonds is 3. The van der Waals surface area contributed by atoms with Crippen molar-refractivity contribution in [2.24, 2.45) is 5.73 Å². The van der Waals surface area contributed by atoms with Crippen molar-refractivity contribution in [1.29, 1.82) is 0 Å². The molecule has 9 heavy (non-hydrogen) atoms. The molecule has 0 spiro atoms. The smallest absolute Gasteiger partial charge is 0.0309 e. The lowest BCUT2D eigenvalue weighted by atomic mass is 10.2. The highest BCUT2D eigenvalue weighted by Crippen LogP contribution is 2.50. The van der Waals surface area contributed by atoms with Crippen LogP contribution in [0, 0.1) is 0 Å². The van der Waals surface area contributed by atoms with Gasteiger partial charge in [0.05, 0.1) is 0 Å². The molecule has 0 heterocycles. The second-order valence-corrected chi connectivity index (χ2v) is 4.47. The maximum absolute atomic E-state index is 5.80. The first-order valence-corrected chi connectivity index (χ1v) is 4.59. The molecule has 1 aliphatic carbocycles. The van der Waals surface area contributed by atoms with Crippen LogP contribution in [0.5, 0.6) is 0 Å². The molecule has 2 heteroatoms. The van der Waals surface area contributed by atoms with E-state index in [0.29, 0.717) is 10.8 Å². The second kappa shape index (κ2) is 2.51. The maximum Gasteiger partial charge on any atom is 0.0309 e. The summed E-state index contributed by atoms with van der Waals surface area (Å²) in [6.07, 6.45) is 2.67. The summed E-state index contributed by atoms with van der Waals surface area (Å²) in [6, 6.07) is 0.391. The fourth-order valence-electron chi connectivity index (χ4n) is 1.14. The molecule has 1 atom stereocenters. The molecule has 54 valence electrons. The molecule has 1 nitrogen and oxygen atoms in total. The van der Waals surface area contributed by atoms with Crippen LogP contribution in [0.15, 0.2) is 0 Å². The molecule has 1 aliphatic rings. The van der Waals surface area contributed by atoms with E-state index in [1.807, 2.05) is 11.8 Å². The fourth-order valence-corrected chi connectivity index (χ4v) is 2.37. The summed E-state index contributed by atoms with van der Waals surface area (Å²) in [7, 11) is 0. The molecular weight excluding hydrogens is 130 g/mol. The van der Waals surface area contributed by atoms with Crippen LogP contribution < -0.4 is 5.73 Å². The lowest BCUT2D eigenvalue weighted by Crippen LogP contribution is -2.30. The third-order valence-electron chi connectivity index (χ3n) is 2.00. The van der Waals surface area contributed by atoms with Gasteiger partial charge in [-0.3, -0.25) is 0 Å². The Kier molecular flexibility index (Phi) is 2.07. The highest BCUT2D eigenvalue weighted by Gasteiger charge is 2.45. The van der Waals surface area contributed by atoms with E-state index in [4.69, 9.17) is 5.73 Å². The number of thioether (sulfide) groups is 1. The van der Waals surface area contributed by atoms with E-state index in [1.165, 1.54) is 18.6 Å². The van der Waals surface area contributed by atoms with Crippen molar-refractivity contribution >= 4 is 11.8 Å². The van der Waals surface area contributed by atoms with E-state index in [-0.39, 0.29) is 0 Å². The molecule has 0 aromatic heterocycles. The minimum atomic E-state index is 0.391. The lowest BCUT2D eigenvalue weighted by molar-refractivity contribution is 0.690. The van der Waals surface area contributed by atoms with Gasteiger partial charge in [-0.15, -0.1) is 0 Å². The summed E-state index contributed by atoms with van der Waals surface area (Å²) >= 11 is 2.03. The Morgan fingerprint density at radius 2 is 2.22 bits per heavy atom. The summed E-state index contributed by atoms with van der Waals surface area (Å²) in [5, 5.41) is 0. The van der Waals surface area contributed by atoms with Gasteiger partial charge >= 0.3 is 0 Å². The quantitative estimate of drug-likeness (QED) is 0.653. The Bertz CT molecular complexity index is 97.1. The van der Waals surface area contributed by atoms with Gasteiger partial charge in [-0.1, -0.05) is 6.92 Å². The van der Waals surface area contributed by atoms with E-state index < -0.39 is 0 Å². The molecule has 1 rings (SSSR count). The van der Waals surface area contributed by atoms with Gasteiger partial charge < -0.3 is 5.73 Å². The minimum absolute atomic E-state index is 0.391. The zero-order chi connectivity index (χ0) is 6.91. The Labute approximate surface area is 61.4 Å². The SMILES string of the molecule is CCSC1(C(C)N)CC1. The molecule has 2 N–H and O–H groups in total. The Balaban J connectivity index is 2.33. The Morgan fingerprint density at radius 1 is 1.67 bits per heavy atom. The zero-order valence-electron chi connectivity index (χ0n) is 6.18. The number of nitrogens with two attached hydrogens (primary N) is 1. The normalized spacial score (nSPS) is 25.7. The molecule has 0 amide bonds. The molecule has 1 fully saturated rings. The average Bonchev–Trinajstić information content (AvgIpc) is 2.49. The fraction of sp³-hybridized carbons (Fsp3) is 1.00. The standard InChI is InChI=1S/C7H15NS/c1-3-9-7(4-5-7)6(2)8/h6H,3-5,8H2,1-2H3. The van der Waals surface area contributed by atoms with Crippen LogP contribution in [0.3, 0.4) is 0 Å². The molecule has 0 aliphatic heterocycles. The molecule has 0 aromatic rings. The summed E-state index contributed by atoms with van der Waals surface area (Å²) in [5.74, 6) is 1.21. The first-order chi connectivity index (χ1) is 4.21. The summed E-state index contributed by atoms with van der Waals surface area (Å²) in [4.78, 5) is 0. The van der Waals surface area contributed by atoms with Crippen LogP contribution in [-0.2, 0) is 0 Å². The topological polar surface area (TPSA) is 26.0 Å². The van der Waals surface area contributed by atoms with E-state index in [9.17, 15) is 0 Å². The largest absolute Gasteiger partial charge is 0.327 e. The van der Waals surface area contributed by atoms with Crippen molar-refractivity contribution in [1.82, 2.24) is 0 Å². The third-order valence-corrected chi connectivity index (χ3v) is 3.65. The Hall–Kier alpha value is 0.310. The first kappa shape index (κ1) is 7.42. The van der Waals surface area contributed by atoms with Crippen molar-refractivity contribution in [3.05, 3.63) is 0 Å². The predicted octanol–water partition coefficient (Wildman–Crippen LogP) is 1.62. The van der Waals surface area contributed by atoms with E-state index >= 15 is 0 Å². The van der Waals surface area contributed by atoms with Crippen LogP contribution in [-0.4, -0.2) is 16.5 Å². The molecule has 0 saturated heterocycles. The van der Waals surface area contributed by atoms with E-state index in [1.54, 1.807) is 0 Å². The van der Waals surface area contributed by atoms with Crippen molar-refractivity contribution in [3.8, 4) is 0 Å². The zero-order valence-corrected chi connectivity index (χ0v) is 7.00. The lowest BCUT2D eigenvalue weighted by Gasteiger charge is -2.17. The third kappa shape index (κ3) is 1.41. The number of hydrogen-bond donors (Lipinski definition) is 1. The van der Waals surface area contributed by atoms with Crippen LogP contribution in [0.1, 0.15) is 26.7 Å². The average molecular weight is 145 g/mol. The van der Waals surface area contributed by atoms with Crippen LogP contribution in [0.4, 0.5) is 0 Å². The van der Waals surface area contributed by atoms with Crippen molar-refractivity contribution in [2.45, 2.75) is 37.5 Å². The van der Waals surface area contributed by atoms with Crippen molar-refractivity contribution < 1.29 is 0 Å². The number of hydrogen-bond acceptors (Lipinski definition) is 2. The van der Waals surface area contributed by atoms with Crippen molar-refractivity contribution in [2.75, 3.05) is 5.75 Å². The summed E-state index contributed by atoms with van der Waals surface area (Å²) in [5.41, 5.74) is 5.80. The highest BCUT2D eigenvalue weighted by atomic mass is 32.2. The van der Waals surface area contributed by atoms with Crippen molar-refractivity contribution in [3.63, 3.8) is 0 Å². The van der Waals surface area contributed by atoms with Gasteiger partial charge in [0.2, 0.25) is 0 Å². The first-order valence-electron chi connectivity index (χ1n) is 3.61. The Morgan fingerprint density at radius 3 is 2.33 bits per heavy atom. The molecule has 1 unspecified atom stereocenters. The van der Waals surface area contributed by atoms with Gasteiger partial charge in [0, 0.05) is 10.8 Å². The molecular formula is C7H15NS. The minimum Gasteiger partial charge on any atom is -0.327 e. The predicted molar refractivity (Wildman–Crippen MR) is 43.7 cm³/mol. The van der Waals surface area contributed by atoms with E-state index in [2.05, 4.69) is 13.8 Å². The molecule has 1 saturated carbocycles. The molecule has 0 bridgehead atoms. The van der Waals surface area contributed by atoms with Crippen LogP contribution in [0.25, 0.3) is 0 Å². The maximum atomic E-state index is 5.80. The monoisotopic (exact) mass is 145 g/mol. The van der Waals surface area contributed by atoms with Gasteiger partial charge in [-0.25, -0.2) is 0 Å². The van der Waals surface area contributed by atoms with Gasteiger partial charge in [0.15, 0.2) is 0 Å². The second-order valence-electron chi connectivity index (χ2n) is 2.79. The van der Waals surface area contributed by atoms with Gasteiger partial charge in [0.25, 0.3) is 0 Å². The van der Waals surface area contributed by atoms with Gasteiger partial charge in [-0.05, 0) is 25.5 Å². The van der Waals surface area contributed by atoms with Gasteiger partial charge in [0.1, 0.15) is 0 Å². The molecule has 0 radical (unpaired) electrons. The van der Waals surface area contributed by atoms with Crippen LogP contribution >= 0.6 is 11.8 Å². The van der Waals surface area contributed by atoms with Gasteiger partial charge in [-0.2, -0.15) is 11.8 Å². The summed E-state index contributed by atoms with van der Waals surface area (Å²) < 4.78 is 0.495. The molecule has 0 aromatic carbocycles. The highest BCUT2D eigenvalue weighted by molar-refractivity contribution is 8.00.